The molecule has 3 aromatic heterocycles. The fraction of sp³-hybridized carbons (Fsp3) is 0.250. The highest BCUT2D eigenvalue weighted by Crippen LogP contribution is 2.28. The maximum absolute atomic E-state index is 15.4. The Kier molecular flexibility index (Phi) is 7.85. The van der Waals surface area contributed by atoms with Gasteiger partial charge in [0.15, 0.2) is 17.5 Å². The third-order valence-corrected chi connectivity index (χ3v) is 5.43. The molecule has 0 spiro atoms. The zero-order valence-electron chi connectivity index (χ0n) is 19.8. The molecule has 36 heavy (non-hydrogen) atoms. The maximum atomic E-state index is 15.4. The Hall–Kier alpha value is -3.70. The molecule has 0 aromatic carbocycles. The second kappa shape index (κ2) is 10.5. The van der Waals surface area contributed by atoms with Crippen LogP contribution in [0.3, 0.4) is 0 Å². The highest BCUT2D eigenvalue weighted by molar-refractivity contribution is 6.31. The molecule has 0 aliphatic heterocycles. The summed E-state index contributed by atoms with van der Waals surface area (Å²) in [5, 5.41) is 19.8. The van der Waals surface area contributed by atoms with E-state index in [1.165, 1.54) is 45.3 Å². The van der Waals surface area contributed by atoms with Crippen molar-refractivity contribution in [3.8, 4) is 11.4 Å². The standard InChI is InChI=1S/C24H23ClF3N5O3/c1-12-9-32-22(30-6-5-18(29)24(3,4)35)20(28)21(12)33-13(2)7-17(19(25)23(33)34)36-11-16-15(27)8-14(26)10-31-16/h5-10,29,35H,11H2,1-4H3,(H,30,32)/b6-5-,29-18?. The van der Waals surface area contributed by atoms with Gasteiger partial charge in [-0.15, -0.1) is 0 Å². The molecule has 0 saturated carbocycles. The van der Waals surface area contributed by atoms with E-state index in [-0.39, 0.29) is 39.4 Å². The fourth-order valence-electron chi connectivity index (χ4n) is 3.11. The molecule has 0 fully saturated rings. The number of anilines is 1. The summed E-state index contributed by atoms with van der Waals surface area (Å²) in [6, 6.07) is 2.03. The van der Waals surface area contributed by atoms with Crippen LogP contribution in [-0.2, 0) is 6.61 Å². The number of halogens is 4. The van der Waals surface area contributed by atoms with Crippen molar-refractivity contribution in [3.63, 3.8) is 0 Å². The van der Waals surface area contributed by atoms with E-state index in [9.17, 15) is 18.7 Å². The van der Waals surface area contributed by atoms with Crippen LogP contribution in [0.2, 0.25) is 5.02 Å². The lowest BCUT2D eigenvalue weighted by Gasteiger charge is -2.18. The molecular weight excluding hydrogens is 499 g/mol. The van der Waals surface area contributed by atoms with Crippen LogP contribution >= 0.6 is 11.6 Å². The number of ether oxygens (including phenoxy) is 1. The maximum Gasteiger partial charge on any atom is 0.278 e. The summed E-state index contributed by atoms with van der Waals surface area (Å²) in [7, 11) is 0. The molecule has 0 aliphatic carbocycles. The molecule has 0 aliphatic rings. The lowest BCUT2D eigenvalue weighted by Crippen LogP contribution is -2.28. The smallest absolute Gasteiger partial charge is 0.278 e. The molecule has 8 nitrogen and oxygen atoms in total. The second-order valence-corrected chi connectivity index (χ2v) is 8.76. The third-order valence-electron chi connectivity index (χ3n) is 5.08. The Morgan fingerprint density at radius 2 is 1.94 bits per heavy atom. The van der Waals surface area contributed by atoms with Crippen molar-refractivity contribution in [2.24, 2.45) is 0 Å². The Morgan fingerprint density at radius 1 is 1.25 bits per heavy atom. The van der Waals surface area contributed by atoms with Crippen LogP contribution < -0.4 is 15.6 Å². The minimum atomic E-state index is -1.38. The monoisotopic (exact) mass is 521 g/mol. The molecule has 0 atom stereocenters. The van der Waals surface area contributed by atoms with Crippen LogP contribution in [-0.4, -0.2) is 31.0 Å². The topological polar surface area (TPSA) is 113 Å². The van der Waals surface area contributed by atoms with Crippen molar-refractivity contribution < 1.29 is 23.0 Å². The largest absolute Gasteiger partial charge is 0.485 e. The minimum Gasteiger partial charge on any atom is -0.485 e. The zero-order valence-corrected chi connectivity index (χ0v) is 20.5. The normalized spacial score (nSPS) is 11.7. The Balaban J connectivity index is 1.95. The molecular formula is C24H23ClF3N5O3. The van der Waals surface area contributed by atoms with Gasteiger partial charge in [0.1, 0.15) is 34.5 Å². The molecule has 190 valence electrons. The first kappa shape index (κ1) is 26.9. The van der Waals surface area contributed by atoms with Crippen molar-refractivity contribution in [1.82, 2.24) is 14.5 Å². The molecule has 3 aromatic rings. The van der Waals surface area contributed by atoms with Crippen molar-refractivity contribution in [2.75, 3.05) is 5.32 Å². The van der Waals surface area contributed by atoms with Crippen LogP contribution in [0.15, 0.2) is 41.6 Å². The van der Waals surface area contributed by atoms with Crippen molar-refractivity contribution in [2.45, 2.75) is 39.9 Å². The Morgan fingerprint density at radius 3 is 2.58 bits per heavy atom. The van der Waals surface area contributed by atoms with E-state index in [1.807, 2.05) is 0 Å². The van der Waals surface area contributed by atoms with E-state index in [0.717, 1.165) is 10.8 Å². The molecule has 3 heterocycles. The fourth-order valence-corrected chi connectivity index (χ4v) is 3.30. The van der Waals surface area contributed by atoms with Crippen LogP contribution in [0.1, 0.15) is 30.8 Å². The number of nitrogens with zero attached hydrogens (tertiary/aromatic N) is 3. The Bertz CT molecular complexity index is 1420. The third kappa shape index (κ3) is 5.74. The lowest BCUT2D eigenvalue weighted by atomic mass is 10.0. The number of hydrogen-bond donors (Lipinski definition) is 3. The van der Waals surface area contributed by atoms with Gasteiger partial charge in [0.25, 0.3) is 5.56 Å². The molecule has 3 rings (SSSR count). The van der Waals surface area contributed by atoms with Gasteiger partial charge in [-0.3, -0.25) is 14.3 Å². The van der Waals surface area contributed by atoms with Crippen LogP contribution in [0, 0.1) is 36.7 Å². The van der Waals surface area contributed by atoms with Gasteiger partial charge in [0, 0.05) is 30.2 Å². The van der Waals surface area contributed by atoms with E-state index in [1.54, 1.807) is 6.92 Å². The van der Waals surface area contributed by atoms with Gasteiger partial charge < -0.3 is 20.6 Å². The van der Waals surface area contributed by atoms with Gasteiger partial charge in [0.2, 0.25) is 0 Å². The average molecular weight is 522 g/mol. The number of hydrogen-bond acceptors (Lipinski definition) is 7. The van der Waals surface area contributed by atoms with Crippen LogP contribution in [0.5, 0.6) is 5.75 Å². The molecule has 12 heteroatoms. The second-order valence-electron chi connectivity index (χ2n) is 8.38. The quantitative estimate of drug-likeness (QED) is 0.373. The summed E-state index contributed by atoms with van der Waals surface area (Å²) in [4.78, 5) is 20.7. The van der Waals surface area contributed by atoms with E-state index >= 15 is 4.39 Å². The predicted molar refractivity (Wildman–Crippen MR) is 130 cm³/mol. The summed E-state index contributed by atoms with van der Waals surface area (Å²) in [6.07, 6.45) is 4.67. The SMILES string of the molecule is Cc1cnc(N/C=C\C(=N)C(C)(C)O)c(F)c1-n1c(C)cc(OCc2ncc(F)cc2F)c(Cl)c1=O. The first-order chi connectivity index (χ1) is 16.8. The lowest BCUT2D eigenvalue weighted by molar-refractivity contribution is 0.154. The molecule has 0 saturated heterocycles. The summed E-state index contributed by atoms with van der Waals surface area (Å²) < 4.78 is 48.8. The van der Waals surface area contributed by atoms with Gasteiger partial charge in [-0.1, -0.05) is 11.6 Å². The molecule has 3 N–H and O–H groups in total. The van der Waals surface area contributed by atoms with Crippen molar-refractivity contribution >= 4 is 23.1 Å². The number of pyridine rings is 3. The summed E-state index contributed by atoms with van der Waals surface area (Å²) in [5.74, 6) is -2.93. The van der Waals surface area contributed by atoms with Gasteiger partial charge in [-0.05, 0) is 39.3 Å². The number of aryl methyl sites for hydroxylation is 2. The zero-order chi connectivity index (χ0) is 26.8. The van der Waals surface area contributed by atoms with Crippen molar-refractivity contribution in [3.05, 3.63) is 86.6 Å². The first-order valence-electron chi connectivity index (χ1n) is 10.6. The minimum absolute atomic E-state index is 0.0838. The van der Waals surface area contributed by atoms with Gasteiger partial charge >= 0.3 is 0 Å². The highest BCUT2D eigenvalue weighted by atomic mass is 35.5. The van der Waals surface area contributed by atoms with Gasteiger partial charge in [0.05, 0.1) is 17.6 Å². The highest BCUT2D eigenvalue weighted by Gasteiger charge is 2.21. The number of nitrogens with one attached hydrogen (secondary N) is 2. The van der Waals surface area contributed by atoms with E-state index in [2.05, 4.69) is 15.3 Å². The molecule has 0 radical (unpaired) electrons. The summed E-state index contributed by atoms with van der Waals surface area (Å²) in [6.45, 7) is 5.53. The summed E-state index contributed by atoms with van der Waals surface area (Å²) in [5.41, 5.74) is -2.01. The van der Waals surface area contributed by atoms with E-state index in [4.69, 9.17) is 21.7 Å². The van der Waals surface area contributed by atoms with Gasteiger partial charge in [-0.2, -0.15) is 0 Å². The average Bonchev–Trinajstić information content (AvgIpc) is 2.79. The number of rotatable bonds is 8. The van der Waals surface area contributed by atoms with E-state index in [0.29, 0.717) is 11.6 Å². The molecule has 0 amide bonds. The number of aromatic nitrogens is 3. The van der Waals surface area contributed by atoms with Gasteiger partial charge in [-0.25, -0.2) is 18.2 Å². The summed E-state index contributed by atoms with van der Waals surface area (Å²) >= 11 is 6.21. The van der Waals surface area contributed by atoms with Crippen molar-refractivity contribution in [1.29, 1.82) is 5.41 Å². The van der Waals surface area contributed by atoms with Crippen LogP contribution in [0.4, 0.5) is 19.0 Å². The van der Waals surface area contributed by atoms with E-state index < -0.39 is 35.2 Å². The number of aliphatic hydroxyl groups is 1. The predicted octanol–water partition coefficient (Wildman–Crippen LogP) is 4.61. The molecule has 0 unspecified atom stereocenters. The molecule has 0 bridgehead atoms. The van der Waals surface area contributed by atoms with Crippen LogP contribution in [0.25, 0.3) is 5.69 Å². The first-order valence-corrected chi connectivity index (χ1v) is 10.9. The Labute approximate surface area is 209 Å².